The van der Waals surface area contributed by atoms with Crippen LogP contribution in [-0.4, -0.2) is 169 Å². The van der Waals surface area contributed by atoms with Gasteiger partial charge in [-0.1, -0.05) is 151 Å². The lowest BCUT2D eigenvalue weighted by Gasteiger charge is -2.26. The molecule has 9 aromatic carbocycles. The first-order chi connectivity index (χ1) is 38.6. The van der Waals surface area contributed by atoms with E-state index in [1.54, 1.807) is 0 Å². The average Bonchev–Trinajstić information content (AvgIpc) is 4.28. The van der Waals surface area contributed by atoms with E-state index in [0.29, 0.717) is 25.7 Å². The van der Waals surface area contributed by atoms with Crippen LogP contribution in [0.1, 0.15) is 0 Å². The molecule has 81 heavy (non-hydrogen) atoms. The Morgan fingerprint density at radius 1 is 0.259 bits per heavy atom. The number of thiophene rings is 1. The minimum Gasteiger partial charge on any atom is -0.312 e. The number of nitrogens with zero attached hydrogens (tertiary/aromatic N) is 4. The van der Waals surface area contributed by atoms with Gasteiger partial charge in [0, 0.05) is 42.8 Å². The van der Waals surface area contributed by atoms with Gasteiger partial charge in [-0.3, -0.25) is 0 Å². The van der Waals surface area contributed by atoms with Gasteiger partial charge >= 0.3 is 0 Å². The molecule has 24 heteroatoms. The third-order valence-corrected chi connectivity index (χ3v) is 16.4. The minimum absolute atomic E-state index is 0.00241. The van der Waals surface area contributed by atoms with Crippen LogP contribution in [0.3, 0.4) is 0 Å². The summed E-state index contributed by atoms with van der Waals surface area (Å²) in [5.74, 6) is -0.00784. The van der Waals surface area contributed by atoms with Crippen LogP contribution in [0.25, 0.3) is 115 Å². The van der Waals surface area contributed by atoms with Crippen molar-refractivity contribution in [1.29, 1.82) is 0 Å². The fourth-order valence-corrected chi connectivity index (χ4v) is 12.1. The van der Waals surface area contributed by atoms with Crippen LogP contribution in [0, 0.1) is 0 Å². The lowest BCUT2D eigenvalue weighted by molar-refractivity contribution is 1.08. The zero-order valence-electron chi connectivity index (χ0n) is 43.0. The Labute approximate surface area is 498 Å². The Bertz CT molecular complexity index is 4680. The molecular formula is C57H17B19N4S. The molecule has 0 unspecified atom stereocenters. The van der Waals surface area contributed by atoms with Crippen LogP contribution < -0.4 is 104 Å². The van der Waals surface area contributed by atoms with Crippen molar-refractivity contribution in [2.45, 2.75) is 0 Å². The third kappa shape index (κ3) is 8.33. The first-order valence-corrected chi connectivity index (χ1v) is 25.6. The Balaban J connectivity index is 1.12. The number of aromatic nitrogens is 4. The van der Waals surface area contributed by atoms with Crippen molar-refractivity contribution in [1.82, 2.24) is 19.5 Å². The SMILES string of the molecule is [B]c1c([B])c(-c2nc(-c3ccc(-c4cccc(-c5cccc(-c6ccccc6)c5)c4)cc3)nc(-c3c([B])c([B])c([B])c4c3sc3c([B])c([B])c([B])c([B])c34)n2)c([B])c(-n2c3c([B])c([B])c([B])c([B])c3c3c([B])c([B])c([B])c([B])c32)c1[B]. The maximum absolute atomic E-state index is 7.40. The quantitative estimate of drug-likeness (QED) is 0.150. The molecule has 4 nitrogen and oxygen atoms in total. The molecule has 0 amide bonds. The van der Waals surface area contributed by atoms with Gasteiger partial charge in [0.25, 0.3) is 0 Å². The highest BCUT2D eigenvalue weighted by molar-refractivity contribution is 7.28. The first-order valence-electron chi connectivity index (χ1n) is 24.8. The maximum atomic E-state index is 7.40. The molecule has 12 rings (SSSR count). The van der Waals surface area contributed by atoms with E-state index in [9.17, 15) is 0 Å². The summed E-state index contributed by atoms with van der Waals surface area (Å²) in [7, 11) is 128. The zero-order valence-corrected chi connectivity index (χ0v) is 43.8. The summed E-state index contributed by atoms with van der Waals surface area (Å²) in [6.07, 6.45) is 0. The van der Waals surface area contributed by atoms with E-state index in [0.717, 1.165) is 33.4 Å². The van der Waals surface area contributed by atoms with E-state index < -0.39 is 0 Å². The highest BCUT2D eigenvalue weighted by atomic mass is 32.1. The second kappa shape index (κ2) is 20.3. The van der Waals surface area contributed by atoms with Gasteiger partial charge in [-0.2, -0.15) is 0 Å². The van der Waals surface area contributed by atoms with Crippen LogP contribution in [0.4, 0.5) is 0 Å². The molecule has 328 valence electrons. The van der Waals surface area contributed by atoms with E-state index >= 15 is 0 Å². The van der Waals surface area contributed by atoms with Crippen molar-refractivity contribution < 1.29 is 0 Å². The molecule has 0 atom stereocenters. The largest absolute Gasteiger partial charge is 0.312 e. The highest BCUT2D eigenvalue weighted by Crippen LogP contribution is 2.37. The molecule has 0 saturated heterocycles. The molecule has 0 N–H and O–H groups in total. The molecule has 0 spiro atoms. The predicted octanol–water partition coefficient (Wildman–Crippen LogP) is -7.58. The van der Waals surface area contributed by atoms with Gasteiger partial charge < -0.3 is 4.57 Å². The molecule has 0 aliphatic heterocycles. The van der Waals surface area contributed by atoms with Crippen LogP contribution in [0.2, 0.25) is 0 Å². The van der Waals surface area contributed by atoms with Gasteiger partial charge in [-0.15, -0.1) is 55.0 Å². The topological polar surface area (TPSA) is 43.6 Å². The number of fused-ring (bicyclic) bond motifs is 6. The van der Waals surface area contributed by atoms with Gasteiger partial charge in [0.15, 0.2) is 17.5 Å². The molecule has 0 aliphatic rings. The van der Waals surface area contributed by atoms with Crippen molar-refractivity contribution in [3.8, 4) is 73.2 Å². The molecule has 0 aliphatic carbocycles. The number of rotatable bonds is 7. The van der Waals surface area contributed by atoms with Gasteiger partial charge in [0.05, 0.1) is 0 Å². The van der Waals surface area contributed by atoms with Crippen molar-refractivity contribution in [2.24, 2.45) is 0 Å². The standard InChI is InChI=1S/C57H17B19N4S/c58-31-25-26-32(59)40(67)44(71)47(74)51(26)80(50(25)46(73)43(70)39(31)66)52-37(64)29(35(62)42(69)48(52)75)56-77-55(78-57(79-56)30-36(63)38(65)33(60)27-28-34(61)41(68)45(72)49(76)54(28)81-53(27)30)20-14-12-19(13-15-20)22-9-5-11-24(17-22)23-10-4-8-21(16-23)18-6-2-1-3-7-18/h1-17H. The summed E-state index contributed by atoms with van der Waals surface area (Å²) in [6.45, 7) is 0. The van der Waals surface area contributed by atoms with Gasteiger partial charge in [0.1, 0.15) is 149 Å². The first kappa shape index (κ1) is 54.8. The van der Waals surface area contributed by atoms with E-state index in [1.165, 1.54) is 15.9 Å². The van der Waals surface area contributed by atoms with Crippen LogP contribution in [-0.2, 0) is 0 Å². The smallest absolute Gasteiger partial charge is 0.164 e. The molecule has 38 radical (unpaired) electrons. The average molecular weight is 995 g/mol. The molecule has 3 aromatic heterocycles. The molecule has 0 saturated carbocycles. The molecule has 0 fully saturated rings. The minimum atomic E-state index is -0.153. The van der Waals surface area contributed by atoms with Crippen molar-refractivity contribution in [3.63, 3.8) is 0 Å². The predicted molar refractivity (Wildman–Crippen MR) is 362 cm³/mol. The number of hydrogen-bond acceptors (Lipinski definition) is 4. The van der Waals surface area contributed by atoms with E-state index in [-0.39, 0.29) is 160 Å². The van der Waals surface area contributed by atoms with Crippen LogP contribution >= 0.6 is 11.3 Å². The Morgan fingerprint density at radius 2 is 0.617 bits per heavy atom. The van der Waals surface area contributed by atoms with E-state index in [1.807, 2.05) is 54.6 Å². The molecule has 3 heterocycles. The third-order valence-electron chi connectivity index (χ3n) is 15.2. The Morgan fingerprint density at radius 3 is 1.14 bits per heavy atom. The fourth-order valence-electron chi connectivity index (χ4n) is 10.8. The van der Waals surface area contributed by atoms with Crippen molar-refractivity contribution in [3.05, 3.63) is 103 Å². The summed E-state index contributed by atoms with van der Waals surface area (Å²) in [5, 5.41) is 1.22. The second-order valence-electron chi connectivity index (χ2n) is 19.7. The zero-order chi connectivity index (χ0) is 57.5. The number of hydrogen-bond donors (Lipinski definition) is 0. The Kier molecular flexibility index (Phi) is 13.7. The van der Waals surface area contributed by atoms with Gasteiger partial charge in [0.2, 0.25) is 0 Å². The number of benzene rings is 9. The summed E-state index contributed by atoms with van der Waals surface area (Å²) in [5.41, 5.74) is 6.79. The molecular weight excluding hydrogens is 978 g/mol. The summed E-state index contributed by atoms with van der Waals surface area (Å²) < 4.78 is 2.38. The van der Waals surface area contributed by atoms with Crippen molar-refractivity contribution in [2.75, 3.05) is 0 Å². The summed E-state index contributed by atoms with van der Waals surface area (Å²) >= 11 is 1.18. The lowest BCUT2D eigenvalue weighted by atomic mass is 9.63. The monoisotopic (exact) mass is 998 g/mol. The molecule has 0 bridgehead atoms. The van der Waals surface area contributed by atoms with Crippen LogP contribution in [0.5, 0.6) is 0 Å². The molecule has 12 aromatic rings. The van der Waals surface area contributed by atoms with Crippen LogP contribution in [0.15, 0.2) is 103 Å². The summed E-state index contributed by atoms with van der Waals surface area (Å²) in [6, 6.07) is 34.5. The maximum Gasteiger partial charge on any atom is 0.164 e. The van der Waals surface area contributed by atoms with Gasteiger partial charge in [-0.25, -0.2) is 15.0 Å². The lowest BCUT2D eigenvalue weighted by Crippen LogP contribution is -2.50. The van der Waals surface area contributed by atoms with E-state index in [2.05, 4.69) is 48.5 Å². The van der Waals surface area contributed by atoms with Crippen molar-refractivity contribution >= 4 is 306 Å². The van der Waals surface area contributed by atoms with E-state index in [4.69, 9.17) is 164 Å². The second-order valence-corrected chi connectivity index (χ2v) is 20.7. The van der Waals surface area contributed by atoms with Gasteiger partial charge in [-0.05, 0) is 67.1 Å². The summed E-state index contributed by atoms with van der Waals surface area (Å²) in [4.78, 5) is 15.2. The Hall–Kier alpha value is -6.76. The highest BCUT2D eigenvalue weighted by Gasteiger charge is 2.29. The fraction of sp³-hybridized carbons (Fsp3) is 0. The normalized spacial score (nSPS) is 11.7.